The predicted octanol–water partition coefficient (Wildman–Crippen LogP) is 3.08. The molecule has 1 rings (SSSR count). The maximum Gasteiger partial charge on any atom is 0.147 e. The first-order valence-electron chi connectivity index (χ1n) is 3.88. The lowest BCUT2D eigenvalue weighted by molar-refractivity contribution is 0.609. The van der Waals surface area contributed by atoms with E-state index >= 15 is 0 Å². The van der Waals surface area contributed by atoms with Crippen LogP contribution in [-0.4, -0.2) is 4.98 Å². The van der Waals surface area contributed by atoms with Crippen LogP contribution in [0.25, 0.3) is 0 Å². The number of nitrogens with zero attached hydrogens (tertiary/aromatic N) is 2. The standard InChI is InChI=1S/C7H4ClFN2.C2H6/c1-4-6(9)2-5(3-10)7(8)11-4;1-2/h2H,1H3;1-2H3. The van der Waals surface area contributed by atoms with Crippen LogP contribution in [0.3, 0.4) is 0 Å². The van der Waals surface area contributed by atoms with Crippen LogP contribution in [0, 0.1) is 24.1 Å². The number of rotatable bonds is 0. The molecule has 0 bridgehead atoms. The smallest absolute Gasteiger partial charge is 0.147 e. The summed E-state index contributed by atoms with van der Waals surface area (Å²) in [6, 6.07) is 2.80. The van der Waals surface area contributed by atoms with E-state index in [2.05, 4.69) is 4.98 Å². The molecule has 0 aliphatic heterocycles. The second kappa shape index (κ2) is 5.50. The summed E-state index contributed by atoms with van der Waals surface area (Å²) in [6.07, 6.45) is 0. The third-order valence-electron chi connectivity index (χ3n) is 1.23. The third-order valence-corrected chi connectivity index (χ3v) is 1.51. The molecule has 0 radical (unpaired) electrons. The Balaban J connectivity index is 0.000000671. The highest BCUT2D eigenvalue weighted by atomic mass is 35.5. The first kappa shape index (κ1) is 11.9. The van der Waals surface area contributed by atoms with E-state index in [1.165, 1.54) is 6.92 Å². The minimum absolute atomic E-state index is 0.0476. The Morgan fingerprint density at radius 3 is 2.54 bits per heavy atom. The van der Waals surface area contributed by atoms with Crippen molar-refractivity contribution in [2.24, 2.45) is 0 Å². The van der Waals surface area contributed by atoms with Gasteiger partial charge in [0, 0.05) is 0 Å². The molecule has 13 heavy (non-hydrogen) atoms. The topological polar surface area (TPSA) is 36.7 Å². The summed E-state index contributed by atoms with van der Waals surface area (Å²) < 4.78 is 12.7. The SMILES string of the molecule is CC.Cc1nc(Cl)c(C#N)cc1F. The van der Waals surface area contributed by atoms with Gasteiger partial charge < -0.3 is 0 Å². The van der Waals surface area contributed by atoms with E-state index < -0.39 is 5.82 Å². The lowest BCUT2D eigenvalue weighted by Gasteiger charge is -1.96. The van der Waals surface area contributed by atoms with Gasteiger partial charge in [0.1, 0.15) is 17.0 Å². The van der Waals surface area contributed by atoms with Crippen LogP contribution < -0.4 is 0 Å². The van der Waals surface area contributed by atoms with Crippen LogP contribution in [0.5, 0.6) is 0 Å². The summed E-state index contributed by atoms with van der Waals surface area (Å²) in [4.78, 5) is 3.61. The monoisotopic (exact) mass is 200 g/mol. The number of hydrogen-bond donors (Lipinski definition) is 0. The summed E-state index contributed by atoms with van der Waals surface area (Å²) in [5, 5.41) is 8.44. The van der Waals surface area contributed by atoms with Crippen molar-refractivity contribution in [3.05, 3.63) is 28.3 Å². The first-order chi connectivity index (χ1) is 6.15. The molecule has 0 aromatic carbocycles. The average Bonchev–Trinajstić information content (AvgIpc) is 2.15. The van der Waals surface area contributed by atoms with Crippen molar-refractivity contribution in [2.75, 3.05) is 0 Å². The van der Waals surface area contributed by atoms with Crippen molar-refractivity contribution in [3.8, 4) is 6.07 Å². The molecule has 1 aromatic heterocycles. The molecule has 0 atom stereocenters. The molecule has 70 valence electrons. The molecule has 0 saturated carbocycles. The lowest BCUT2D eigenvalue weighted by Crippen LogP contribution is -1.91. The highest BCUT2D eigenvalue weighted by Gasteiger charge is 2.05. The average molecular weight is 201 g/mol. The predicted molar refractivity (Wildman–Crippen MR) is 50.0 cm³/mol. The van der Waals surface area contributed by atoms with Gasteiger partial charge in [0.2, 0.25) is 0 Å². The molecule has 1 aromatic rings. The normalized spacial score (nSPS) is 8.31. The molecular formula is C9H10ClFN2. The van der Waals surface area contributed by atoms with Gasteiger partial charge in [-0.15, -0.1) is 0 Å². The van der Waals surface area contributed by atoms with E-state index in [4.69, 9.17) is 16.9 Å². The zero-order chi connectivity index (χ0) is 10.4. The molecule has 2 nitrogen and oxygen atoms in total. The Bertz CT molecular complexity index is 331. The molecule has 0 saturated heterocycles. The Morgan fingerprint density at radius 1 is 1.54 bits per heavy atom. The van der Waals surface area contributed by atoms with Gasteiger partial charge in [-0.3, -0.25) is 0 Å². The highest BCUT2D eigenvalue weighted by Crippen LogP contribution is 2.14. The fourth-order valence-electron chi connectivity index (χ4n) is 0.630. The fraction of sp³-hybridized carbons (Fsp3) is 0.333. The van der Waals surface area contributed by atoms with Crippen molar-refractivity contribution in [1.29, 1.82) is 5.26 Å². The molecule has 0 fully saturated rings. The number of hydrogen-bond acceptors (Lipinski definition) is 2. The van der Waals surface area contributed by atoms with Crippen LogP contribution >= 0.6 is 11.6 Å². The Labute approximate surface area is 82.0 Å². The van der Waals surface area contributed by atoms with Gasteiger partial charge in [-0.2, -0.15) is 5.26 Å². The summed E-state index contributed by atoms with van der Waals surface area (Å²) in [7, 11) is 0. The van der Waals surface area contributed by atoms with E-state index in [0.29, 0.717) is 0 Å². The molecule has 0 N–H and O–H groups in total. The number of nitriles is 1. The molecule has 0 unspecified atom stereocenters. The zero-order valence-corrected chi connectivity index (χ0v) is 8.48. The fourth-order valence-corrected chi connectivity index (χ4v) is 0.854. The third kappa shape index (κ3) is 3.00. The van der Waals surface area contributed by atoms with Gasteiger partial charge in [0.25, 0.3) is 0 Å². The van der Waals surface area contributed by atoms with Crippen LogP contribution in [0.2, 0.25) is 5.15 Å². The zero-order valence-electron chi connectivity index (χ0n) is 7.73. The van der Waals surface area contributed by atoms with Crippen LogP contribution in [-0.2, 0) is 0 Å². The molecule has 1 heterocycles. The number of pyridine rings is 1. The van der Waals surface area contributed by atoms with Gasteiger partial charge in [-0.05, 0) is 13.0 Å². The van der Waals surface area contributed by atoms with Crippen molar-refractivity contribution in [3.63, 3.8) is 0 Å². The van der Waals surface area contributed by atoms with Crippen molar-refractivity contribution < 1.29 is 4.39 Å². The quantitative estimate of drug-likeness (QED) is 0.604. The second-order valence-electron chi connectivity index (χ2n) is 2.01. The summed E-state index contributed by atoms with van der Waals surface area (Å²) in [5.74, 6) is -0.508. The van der Waals surface area contributed by atoms with E-state index in [1.54, 1.807) is 6.07 Å². The largest absolute Gasteiger partial charge is 0.237 e. The molecule has 0 amide bonds. The molecule has 0 aliphatic carbocycles. The van der Waals surface area contributed by atoms with Crippen LogP contribution in [0.1, 0.15) is 25.1 Å². The maximum atomic E-state index is 12.7. The maximum absolute atomic E-state index is 12.7. The van der Waals surface area contributed by atoms with Gasteiger partial charge in [0.05, 0.1) is 11.3 Å². The first-order valence-corrected chi connectivity index (χ1v) is 4.25. The van der Waals surface area contributed by atoms with E-state index in [1.807, 2.05) is 13.8 Å². The number of halogens is 2. The highest BCUT2D eigenvalue weighted by molar-refractivity contribution is 6.30. The molecule has 0 spiro atoms. The van der Waals surface area contributed by atoms with Crippen molar-refractivity contribution in [1.82, 2.24) is 4.98 Å². The summed E-state index contributed by atoms with van der Waals surface area (Å²) in [5.41, 5.74) is 0.267. The second-order valence-corrected chi connectivity index (χ2v) is 2.36. The van der Waals surface area contributed by atoms with E-state index in [0.717, 1.165) is 6.07 Å². The van der Waals surface area contributed by atoms with E-state index in [-0.39, 0.29) is 16.4 Å². The van der Waals surface area contributed by atoms with Gasteiger partial charge in [0.15, 0.2) is 0 Å². The van der Waals surface area contributed by atoms with Gasteiger partial charge >= 0.3 is 0 Å². The van der Waals surface area contributed by atoms with Gasteiger partial charge in [-0.1, -0.05) is 25.4 Å². The minimum atomic E-state index is -0.508. The molecule has 0 aliphatic rings. The van der Waals surface area contributed by atoms with Crippen LogP contribution in [0.4, 0.5) is 4.39 Å². The van der Waals surface area contributed by atoms with Gasteiger partial charge in [-0.25, -0.2) is 9.37 Å². The van der Waals surface area contributed by atoms with Crippen molar-refractivity contribution >= 4 is 11.6 Å². The summed E-state index contributed by atoms with van der Waals surface area (Å²) in [6.45, 7) is 5.49. The lowest BCUT2D eigenvalue weighted by atomic mass is 10.3. The number of aromatic nitrogens is 1. The minimum Gasteiger partial charge on any atom is -0.237 e. The Morgan fingerprint density at radius 2 is 2.08 bits per heavy atom. The summed E-state index contributed by atoms with van der Waals surface area (Å²) >= 11 is 5.50. The number of aryl methyl sites for hydroxylation is 1. The Hall–Kier alpha value is -1.14. The molecule has 4 heteroatoms. The molecular weight excluding hydrogens is 191 g/mol. The Kier molecular flexibility index (Phi) is 5.01. The van der Waals surface area contributed by atoms with Crippen LogP contribution in [0.15, 0.2) is 6.07 Å². The van der Waals surface area contributed by atoms with Crippen molar-refractivity contribution in [2.45, 2.75) is 20.8 Å². The van der Waals surface area contributed by atoms with E-state index in [9.17, 15) is 4.39 Å².